The lowest BCUT2D eigenvalue weighted by Gasteiger charge is -2.38. The Balaban J connectivity index is 1.67. The number of fused-ring (bicyclic) bond motifs is 1. The van der Waals surface area contributed by atoms with Gasteiger partial charge in [0, 0.05) is 18.6 Å². The van der Waals surface area contributed by atoms with Crippen molar-refractivity contribution < 1.29 is 9.53 Å². The first-order valence-corrected chi connectivity index (χ1v) is 8.81. The van der Waals surface area contributed by atoms with Crippen molar-refractivity contribution in [3.8, 4) is 0 Å². The molecule has 4 nitrogen and oxygen atoms in total. The van der Waals surface area contributed by atoms with Gasteiger partial charge in [-0.25, -0.2) is 0 Å². The molecule has 0 aromatic heterocycles. The lowest BCUT2D eigenvalue weighted by atomic mass is 9.85. The molecule has 3 aliphatic rings. The maximum atomic E-state index is 12.5. The van der Waals surface area contributed by atoms with Gasteiger partial charge in [-0.2, -0.15) is 0 Å². The lowest BCUT2D eigenvalue weighted by Crippen LogP contribution is -2.59. The van der Waals surface area contributed by atoms with Crippen LogP contribution < -0.4 is 5.32 Å². The summed E-state index contributed by atoms with van der Waals surface area (Å²) in [7, 11) is 0. The van der Waals surface area contributed by atoms with Gasteiger partial charge in [0.25, 0.3) is 0 Å². The first-order chi connectivity index (χ1) is 10.1. The lowest BCUT2D eigenvalue weighted by molar-refractivity contribution is -0.151. The van der Waals surface area contributed by atoms with E-state index in [0.29, 0.717) is 18.7 Å². The van der Waals surface area contributed by atoms with Gasteiger partial charge in [0.05, 0.1) is 6.61 Å². The van der Waals surface area contributed by atoms with Gasteiger partial charge in [-0.05, 0) is 58.4 Å². The average Bonchev–Trinajstić information content (AvgIpc) is 3.19. The molecule has 3 unspecified atom stereocenters. The highest BCUT2D eigenvalue weighted by atomic mass is 16.5. The zero-order valence-corrected chi connectivity index (χ0v) is 13.6. The van der Waals surface area contributed by atoms with Crippen molar-refractivity contribution in [3.05, 3.63) is 0 Å². The van der Waals surface area contributed by atoms with Crippen LogP contribution >= 0.6 is 0 Å². The highest BCUT2D eigenvalue weighted by molar-refractivity contribution is 5.80. The third-order valence-corrected chi connectivity index (χ3v) is 5.47. The predicted octanol–water partition coefficient (Wildman–Crippen LogP) is 2.32. The fourth-order valence-electron chi connectivity index (χ4n) is 4.24. The van der Waals surface area contributed by atoms with Gasteiger partial charge in [-0.15, -0.1) is 0 Å². The second kappa shape index (κ2) is 6.25. The molecule has 0 amide bonds. The van der Waals surface area contributed by atoms with Crippen LogP contribution in [0.1, 0.15) is 58.8 Å². The molecule has 1 heterocycles. The Morgan fingerprint density at radius 3 is 2.71 bits per heavy atom. The second-order valence-electron chi connectivity index (χ2n) is 7.34. The molecule has 3 rings (SSSR count). The molecule has 21 heavy (non-hydrogen) atoms. The average molecular weight is 294 g/mol. The normalized spacial score (nSPS) is 32.5. The summed E-state index contributed by atoms with van der Waals surface area (Å²) in [5.74, 6) is 0.794. The van der Waals surface area contributed by atoms with E-state index in [0.717, 1.165) is 19.0 Å². The molecular formula is C17H30N2O2. The summed E-state index contributed by atoms with van der Waals surface area (Å²) in [5, 5.41) is 3.56. The number of ether oxygens (including phenoxy) is 1. The summed E-state index contributed by atoms with van der Waals surface area (Å²) < 4.78 is 5.35. The molecule has 4 heteroatoms. The van der Waals surface area contributed by atoms with Crippen LogP contribution in [0.15, 0.2) is 0 Å². The smallest absolute Gasteiger partial charge is 0.327 e. The molecule has 120 valence electrons. The minimum absolute atomic E-state index is 0.0730. The Bertz CT molecular complexity index is 383. The van der Waals surface area contributed by atoms with E-state index in [9.17, 15) is 4.79 Å². The first kappa shape index (κ1) is 15.3. The van der Waals surface area contributed by atoms with Crippen molar-refractivity contribution in [1.29, 1.82) is 0 Å². The van der Waals surface area contributed by atoms with Gasteiger partial charge in [-0.3, -0.25) is 15.0 Å². The van der Waals surface area contributed by atoms with Crippen molar-refractivity contribution >= 4 is 5.97 Å². The fourth-order valence-corrected chi connectivity index (χ4v) is 4.24. The van der Waals surface area contributed by atoms with Crippen LogP contribution in [-0.2, 0) is 9.53 Å². The Kier molecular flexibility index (Phi) is 4.55. The Hall–Kier alpha value is -0.610. The van der Waals surface area contributed by atoms with Gasteiger partial charge in [0.15, 0.2) is 0 Å². The van der Waals surface area contributed by atoms with Crippen LogP contribution in [0.2, 0.25) is 0 Å². The number of hydrogen-bond donors (Lipinski definition) is 1. The van der Waals surface area contributed by atoms with Gasteiger partial charge in [-0.1, -0.05) is 12.8 Å². The summed E-state index contributed by atoms with van der Waals surface area (Å²) >= 11 is 0. The fraction of sp³-hybridized carbons (Fsp3) is 0.941. The topological polar surface area (TPSA) is 41.6 Å². The van der Waals surface area contributed by atoms with Crippen molar-refractivity contribution in [2.45, 2.75) is 76.4 Å². The molecule has 1 N–H and O–H groups in total. The molecule has 0 aromatic carbocycles. The van der Waals surface area contributed by atoms with E-state index < -0.39 is 5.54 Å². The SMILES string of the molecule is CCOC(=O)C(C)(CN1CCC2CCCCC21)NC1CC1. The Morgan fingerprint density at radius 2 is 2.00 bits per heavy atom. The van der Waals surface area contributed by atoms with Crippen molar-refractivity contribution in [1.82, 2.24) is 10.2 Å². The van der Waals surface area contributed by atoms with Crippen LogP contribution in [0.4, 0.5) is 0 Å². The van der Waals surface area contributed by atoms with E-state index in [-0.39, 0.29) is 5.97 Å². The van der Waals surface area contributed by atoms with Crippen LogP contribution in [0.5, 0.6) is 0 Å². The van der Waals surface area contributed by atoms with Crippen LogP contribution in [0.25, 0.3) is 0 Å². The van der Waals surface area contributed by atoms with Crippen LogP contribution in [0.3, 0.4) is 0 Å². The maximum absolute atomic E-state index is 12.5. The molecule has 0 bridgehead atoms. The predicted molar refractivity (Wildman–Crippen MR) is 83.1 cm³/mol. The first-order valence-electron chi connectivity index (χ1n) is 8.81. The van der Waals surface area contributed by atoms with Gasteiger partial charge >= 0.3 is 5.97 Å². The second-order valence-corrected chi connectivity index (χ2v) is 7.34. The van der Waals surface area contributed by atoms with Crippen molar-refractivity contribution in [3.63, 3.8) is 0 Å². The number of carbonyl (C=O) groups excluding carboxylic acids is 1. The van der Waals surface area contributed by atoms with E-state index >= 15 is 0 Å². The molecule has 2 aliphatic carbocycles. The van der Waals surface area contributed by atoms with Crippen LogP contribution in [-0.4, -0.2) is 48.2 Å². The van der Waals surface area contributed by atoms with Gasteiger partial charge < -0.3 is 4.74 Å². The minimum Gasteiger partial charge on any atom is -0.465 e. The molecule has 1 saturated heterocycles. The number of likely N-dealkylation sites (tertiary alicyclic amines) is 1. The number of nitrogens with zero attached hydrogens (tertiary/aromatic N) is 1. The van der Waals surface area contributed by atoms with E-state index in [4.69, 9.17) is 4.74 Å². The molecule has 1 aliphatic heterocycles. The van der Waals surface area contributed by atoms with E-state index in [1.807, 2.05) is 13.8 Å². The van der Waals surface area contributed by atoms with Crippen molar-refractivity contribution in [2.75, 3.05) is 19.7 Å². The van der Waals surface area contributed by atoms with Crippen LogP contribution in [0, 0.1) is 5.92 Å². The summed E-state index contributed by atoms with van der Waals surface area (Å²) in [5.41, 5.74) is -0.538. The third kappa shape index (κ3) is 3.42. The minimum atomic E-state index is -0.538. The van der Waals surface area contributed by atoms with Gasteiger partial charge in [0.2, 0.25) is 0 Å². The van der Waals surface area contributed by atoms with E-state index in [2.05, 4.69) is 10.2 Å². The third-order valence-electron chi connectivity index (χ3n) is 5.47. The highest BCUT2D eigenvalue weighted by Crippen LogP contribution is 2.37. The molecule has 3 fully saturated rings. The van der Waals surface area contributed by atoms with Crippen molar-refractivity contribution in [2.24, 2.45) is 5.92 Å². The number of carbonyl (C=O) groups is 1. The zero-order valence-electron chi connectivity index (χ0n) is 13.6. The quantitative estimate of drug-likeness (QED) is 0.763. The summed E-state index contributed by atoms with van der Waals surface area (Å²) in [6.45, 7) is 6.36. The number of rotatable bonds is 6. The molecule has 3 atom stereocenters. The highest BCUT2D eigenvalue weighted by Gasteiger charge is 2.45. The number of hydrogen-bond acceptors (Lipinski definition) is 4. The van der Waals surface area contributed by atoms with E-state index in [1.165, 1.54) is 44.9 Å². The number of esters is 1. The zero-order chi connectivity index (χ0) is 14.9. The molecule has 0 aromatic rings. The molecular weight excluding hydrogens is 264 g/mol. The standard InChI is InChI=1S/C17H30N2O2/c1-3-21-16(20)17(2,18-14-8-9-14)12-19-11-10-13-6-4-5-7-15(13)19/h13-15,18H,3-12H2,1-2H3. The summed E-state index contributed by atoms with van der Waals surface area (Å²) in [4.78, 5) is 15.0. The maximum Gasteiger partial charge on any atom is 0.327 e. The Labute approximate surface area is 128 Å². The molecule has 0 spiro atoms. The summed E-state index contributed by atoms with van der Waals surface area (Å²) in [6.07, 6.45) is 9.14. The summed E-state index contributed by atoms with van der Waals surface area (Å²) in [6, 6.07) is 1.22. The monoisotopic (exact) mass is 294 g/mol. The number of nitrogens with one attached hydrogen (secondary N) is 1. The molecule has 0 radical (unpaired) electrons. The Morgan fingerprint density at radius 1 is 1.24 bits per heavy atom. The van der Waals surface area contributed by atoms with E-state index in [1.54, 1.807) is 0 Å². The largest absolute Gasteiger partial charge is 0.465 e. The molecule has 2 saturated carbocycles. The van der Waals surface area contributed by atoms with Gasteiger partial charge in [0.1, 0.15) is 5.54 Å².